The Balaban J connectivity index is 1.44. The second kappa shape index (κ2) is 5.43. The Labute approximate surface area is 143 Å². The molecule has 0 aromatic carbocycles. The van der Waals surface area contributed by atoms with E-state index in [1.807, 2.05) is 30.6 Å². The predicted molar refractivity (Wildman–Crippen MR) is 94.8 cm³/mol. The number of thiophene rings is 1. The Hall–Kier alpha value is -2.18. The Kier molecular flexibility index (Phi) is 3.21. The van der Waals surface area contributed by atoms with Gasteiger partial charge in [-0.15, -0.1) is 11.3 Å². The van der Waals surface area contributed by atoms with E-state index in [9.17, 15) is 4.79 Å². The zero-order valence-corrected chi connectivity index (χ0v) is 13.9. The van der Waals surface area contributed by atoms with Gasteiger partial charge in [-0.2, -0.15) is 0 Å². The van der Waals surface area contributed by atoms with Gasteiger partial charge in [0.1, 0.15) is 5.69 Å². The fourth-order valence-corrected chi connectivity index (χ4v) is 4.86. The van der Waals surface area contributed by atoms with Gasteiger partial charge in [-0.1, -0.05) is 0 Å². The Morgan fingerprint density at radius 2 is 2.21 bits per heavy atom. The van der Waals surface area contributed by atoms with Crippen molar-refractivity contribution in [1.82, 2.24) is 20.2 Å². The van der Waals surface area contributed by atoms with Crippen molar-refractivity contribution in [1.29, 1.82) is 0 Å². The van der Waals surface area contributed by atoms with Gasteiger partial charge in [0, 0.05) is 47.5 Å². The molecule has 2 N–H and O–H groups in total. The van der Waals surface area contributed by atoms with Crippen LogP contribution in [0.15, 0.2) is 42.2 Å². The van der Waals surface area contributed by atoms with Crippen LogP contribution in [0.4, 0.5) is 0 Å². The number of nitrogens with zero attached hydrogens (tertiary/aromatic N) is 2. The summed E-state index contributed by atoms with van der Waals surface area (Å²) in [6, 6.07) is 7.16. The minimum Gasteiger partial charge on any atom is -0.346 e. The molecule has 3 aromatic heterocycles. The molecule has 1 amide bonds. The first kappa shape index (κ1) is 14.2. The van der Waals surface area contributed by atoms with E-state index in [0.29, 0.717) is 17.8 Å². The van der Waals surface area contributed by atoms with Gasteiger partial charge in [-0.3, -0.25) is 4.79 Å². The van der Waals surface area contributed by atoms with Crippen LogP contribution in [0.25, 0.3) is 15.8 Å². The first-order chi connectivity index (χ1) is 11.8. The van der Waals surface area contributed by atoms with Gasteiger partial charge in [0.2, 0.25) is 0 Å². The number of pyridine rings is 1. The second-order valence-electron chi connectivity index (χ2n) is 6.64. The summed E-state index contributed by atoms with van der Waals surface area (Å²) in [5.74, 6) is -0.0686. The summed E-state index contributed by atoms with van der Waals surface area (Å²) in [6.07, 6.45) is 9.26. The van der Waals surface area contributed by atoms with Crippen LogP contribution in [0.1, 0.15) is 29.8 Å². The summed E-state index contributed by atoms with van der Waals surface area (Å²) in [7, 11) is 0. The van der Waals surface area contributed by atoms with E-state index < -0.39 is 0 Å². The number of hydrogen-bond acceptors (Lipinski definition) is 4. The van der Waals surface area contributed by atoms with Crippen LogP contribution >= 0.6 is 11.3 Å². The average molecular weight is 338 g/mol. The van der Waals surface area contributed by atoms with Crippen molar-refractivity contribution in [2.24, 2.45) is 0 Å². The first-order valence-corrected chi connectivity index (χ1v) is 9.23. The van der Waals surface area contributed by atoms with Crippen LogP contribution in [0.5, 0.6) is 0 Å². The molecule has 0 spiro atoms. The van der Waals surface area contributed by atoms with E-state index in [1.54, 1.807) is 17.5 Å². The Morgan fingerprint density at radius 1 is 1.33 bits per heavy atom. The van der Waals surface area contributed by atoms with Crippen LogP contribution < -0.4 is 10.6 Å². The largest absolute Gasteiger partial charge is 0.346 e. The molecule has 2 bridgehead atoms. The molecule has 3 atom stereocenters. The lowest BCUT2D eigenvalue weighted by Gasteiger charge is -2.21. The minimum absolute atomic E-state index is 0.0686. The lowest BCUT2D eigenvalue weighted by atomic mass is 9.95. The van der Waals surface area contributed by atoms with Crippen molar-refractivity contribution in [2.45, 2.75) is 37.4 Å². The number of nitrogens with one attached hydrogen (secondary N) is 2. The fourth-order valence-electron chi connectivity index (χ4n) is 3.96. The molecule has 24 heavy (non-hydrogen) atoms. The van der Waals surface area contributed by atoms with E-state index >= 15 is 0 Å². The normalized spacial score (nSPS) is 25.4. The van der Waals surface area contributed by atoms with E-state index in [2.05, 4.69) is 25.6 Å². The topological polar surface area (TPSA) is 59.0 Å². The second-order valence-corrected chi connectivity index (χ2v) is 7.55. The SMILES string of the molecule is O=C(N[C@@H]1C[C@H]2CC[C@@H]1N2)c1cc2c(-n3cccc3)csc2cn1. The van der Waals surface area contributed by atoms with E-state index in [0.717, 1.165) is 28.6 Å². The van der Waals surface area contributed by atoms with Gasteiger partial charge in [0.25, 0.3) is 5.91 Å². The number of aromatic nitrogens is 2. The van der Waals surface area contributed by atoms with E-state index in [4.69, 9.17) is 0 Å². The predicted octanol–water partition coefficient (Wildman–Crippen LogP) is 2.71. The highest BCUT2D eigenvalue weighted by Crippen LogP contribution is 2.30. The maximum atomic E-state index is 12.6. The van der Waals surface area contributed by atoms with Crippen molar-refractivity contribution in [2.75, 3.05) is 0 Å². The quantitative estimate of drug-likeness (QED) is 0.772. The Morgan fingerprint density at radius 3 is 2.96 bits per heavy atom. The maximum absolute atomic E-state index is 12.6. The highest BCUT2D eigenvalue weighted by Gasteiger charge is 2.39. The molecule has 2 fully saturated rings. The zero-order chi connectivity index (χ0) is 16.1. The van der Waals surface area contributed by atoms with Crippen molar-refractivity contribution in [3.63, 3.8) is 0 Å². The van der Waals surface area contributed by atoms with Crippen molar-refractivity contribution in [3.8, 4) is 5.69 Å². The molecule has 5 rings (SSSR count). The summed E-state index contributed by atoms with van der Waals surface area (Å²) in [4.78, 5) is 17.0. The minimum atomic E-state index is -0.0686. The van der Waals surface area contributed by atoms with Gasteiger partial charge in [0.05, 0.1) is 10.4 Å². The highest BCUT2D eigenvalue weighted by molar-refractivity contribution is 7.17. The van der Waals surface area contributed by atoms with Gasteiger partial charge >= 0.3 is 0 Å². The molecular formula is C18H18N4OS. The maximum Gasteiger partial charge on any atom is 0.270 e. The first-order valence-electron chi connectivity index (χ1n) is 8.35. The standard InChI is InChI=1S/C18H18N4OS/c23-18(21-14-7-11-3-4-13(14)20-11)15-8-12-16(22-5-1-2-6-22)10-24-17(12)9-19-15/h1-2,5-6,8-11,13-14,20H,3-4,7H2,(H,21,23)/t11-,13+,14-/m1/s1. The number of carbonyl (C=O) groups is 1. The zero-order valence-electron chi connectivity index (χ0n) is 13.1. The third-order valence-corrected chi connectivity index (χ3v) is 6.09. The van der Waals surface area contributed by atoms with E-state index in [1.165, 1.54) is 6.42 Å². The van der Waals surface area contributed by atoms with Crippen LogP contribution in [0, 0.1) is 0 Å². The average Bonchev–Trinajstić information content (AvgIpc) is 3.36. The van der Waals surface area contributed by atoms with Gasteiger partial charge in [-0.05, 0) is 37.5 Å². The summed E-state index contributed by atoms with van der Waals surface area (Å²) >= 11 is 1.65. The highest BCUT2D eigenvalue weighted by atomic mass is 32.1. The number of rotatable bonds is 3. The molecule has 2 aliphatic heterocycles. The fraction of sp³-hybridized carbons (Fsp3) is 0.333. The monoisotopic (exact) mass is 338 g/mol. The number of fused-ring (bicyclic) bond motifs is 3. The summed E-state index contributed by atoms with van der Waals surface area (Å²) in [6.45, 7) is 0. The van der Waals surface area contributed by atoms with Crippen LogP contribution in [-0.4, -0.2) is 33.6 Å². The van der Waals surface area contributed by atoms with Crippen LogP contribution in [-0.2, 0) is 0 Å². The molecule has 0 aliphatic carbocycles. The van der Waals surface area contributed by atoms with Crippen molar-refractivity contribution >= 4 is 27.3 Å². The molecule has 0 saturated carbocycles. The summed E-state index contributed by atoms with van der Waals surface area (Å²) in [5, 5.41) is 9.90. The van der Waals surface area contributed by atoms with Crippen LogP contribution in [0.2, 0.25) is 0 Å². The van der Waals surface area contributed by atoms with Crippen LogP contribution in [0.3, 0.4) is 0 Å². The molecule has 6 heteroatoms. The van der Waals surface area contributed by atoms with Gasteiger partial charge in [-0.25, -0.2) is 4.98 Å². The Bertz CT molecular complexity index is 901. The van der Waals surface area contributed by atoms with E-state index in [-0.39, 0.29) is 11.9 Å². The van der Waals surface area contributed by atoms with Gasteiger partial charge in [0.15, 0.2) is 0 Å². The molecule has 2 aliphatic rings. The smallest absolute Gasteiger partial charge is 0.270 e. The third-order valence-electron chi connectivity index (χ3n) is 5.17. The number of amides is 1. The molecule has 122 valence electrons. The molecule has 3 aromatic rings. The lowest BCUT2D eigenvalue weighted by molar-refractivity contribution is 0.0926. The van der Waals surface area contributed by atoms with Gasteiger partial charge < -0.3 is 15.2 Å². The molecular weight excluding hydrogens is 320 g/mol. The molecule has 5 nitrogen and oxygen atoms in total. The lowest BCUT2D eigenvalue weighted by Crippen LogP contribution is -2.43. The number of carbonyl (C=O) groups excluding carboxylic acids is 1. The molecule has 2 saturated heterocycles. The van der Waals surface area contributed by atoms with Crippen molar-refractivity contribution < 1.29 is 4.79 Å². The third kappa shape index (κ3) is 2.25. The summed E-state index contributed by atoms with van der Waals surface area (Å²) in [5.41, 5.74) is 1.59. The molecule has 0 radical (unpaired) electrons. The van der Waals surface area contributed by atoms with Crippen molar-refractivity contribution in [3.05, 3.63) is 47.9 Å². The summed E-state index contributed by atoms with van der Waals surface area (Å²) < 4.78 is 3.16. The number of hydrogen-bond donors (Lipinski definition) is 2. The molecule has 5 heterocycles. The molecule has 0 unspecified atom stereocenters.